The van der Waals surface area contributed by atoms with E-state index < -0.39 is 5.97 Å². The number of nitrogens with zero attached hydrogens (tertiary/aromatic N) is 2. The number of esters is 1. The molecule has 0 radical (unpaired) electrons. The first-order chi connectivity index (χ1) is 8.11. The molecule has 90 valence electrons. The summed E-state index contributed by atoms with van der Waals surface area (Å²) in [6, 6.07) is 3.72. The summed E-state index contributed by atoms with van der Waals surface area (Å²) >= 11 is 0. The van der Waals surface area contributed by atoms with Crippen molar-refractivity contribution in [3.05, 3.63) is 35.7 Å². The zero-order valence-electron chi connectivity index (χ0n) is 9.64. The standard InChI is InChI=1S/C11H13N3O3/c1-7-3-4-8(17-7)5-14-6-13-9(10(14)12)11(15)16-2/h3-4,6H,5,12H2,1-2H3. The van der Waals surface area contributed by atoms with Crippen LogP contribution in [0.3, 0.4) is 0 Å². The Morgan fingerprint density at radius 3 is 2.94 bits per heavy atom. The molecule has 0 aliphatic rings. The number of ether oxygens (including phenoxy) is 1. The highest BCUT2D eigenvalue weighted by molar-refractivity contribution is 5.92. The van der Waals surface area contributed by atoms with E-state index in [1.165, 1.54) is 13.4 Å². The first kappa shape index (κ1) is 11.3. The fraction of sp³-hybridized carbons (Fsp3) is 0.273. The molecule has 0 saturated carbocycles. The van der Waals surface area contributed by atoms with Crippen LogP contribution in [0.4, 0.5) is 5.82 Å². The number of aryl methyl sites for hydroxylation is 1. The van der Waals surface area contributed by atoms with Crippen molar-refractivity contribution in [2.24, 2.45) is 0 Å². The number of rotatable bonds is 3. The molecule has 0 atom stereocenters. The maximum Gasteiger partial charge on any atom is 0.360 e. The fourth-order valence-corrected chi connectivity index (χ4v) is 1.51. The zero-order chi connectivity index (χ0) is 12.4. The Labute approximate surface area is 98.0 Å². The van der Waals surface area contributed by atoms with Crippen LogP contribution in [-0.4, -0.2) is 22.6 Å². The molecular formula is C11H13N3O3. The number of aromatic nitrogens is 2. The molecule has 2 N–H and O–H groups in total. The van der Waals surface area contributed by atoms with Crippen LogP contribution in [0.25, 0.3) is 0 Å². The van der Waals surface area contributed by atoms with E-state index in [9.17, 15) is 4.79 Å². The first-order valence-electron chi connectivity index (χ1n) is 5.06. The summed E-state index contributed by atoms with van der Waals surface area (Å²) in [5.74, 6) is 1.30. The summed E-state index contributed by atoms with van der Waals surface area (Å²) in [4.78, 5) is 15.2. The highest BCUT2D eigenvalue weighted by atomic mass is 16.5. The van der Waals surface area contributed by atoms with Crippen molar-refractivity contribution in [2.75, 3.05) is 12.8 Å². The lowest BCUT2D eigenvalue weighted by Crippen LogP contribution is -2.08. The number of nitrogens with two attached hydrogens (primary N) is 1. The lowest BCUT2D eigenvalue weighted by Gasteiger charge is -2.02. The Hall–Kier alpha value is -2.24. The van der Waals surface area contributed by atoms with Crippen molar-refractivity contribution < 1.29 is 13.9 Å². The van der Waals surface area contributed by atoms with Gasteiger partial charge in [0, 0.05) is 0 Å². The molecule has 6 heteroatoms. The second-order valence-corrected chi connectivity index (χ2v) is 3.61. The van der Waals surface area contributed by atoms with Gasteiger partial charge in [0.05, 0.1) is 20.0 Å². The minimum absolute atomic E-state index is 0.121. The third kappa shape index (κ3) is 2.15. The van der Waals surface area contributed by atoms with Crippen LogP contribution in [0.1, 0.15) is 22.0 Å². The van der Waals surface area contributed by atoms with E-state index in [0.717, 1.165) is 11.5 Å². The lowest BCUT2D eigenvalue weighted by atomic mass is 10.4. The van der Waals surface area contributed by atoms with E-state index in [0.29, 0.717) is 6.54 Å². The number of carbonyl (C=O) groups is 1. The molecular weight excluding hydrogens is 222 g/mol. The van der Waals surface area contributed by atoms with Crippen LogP contribution >= 0.6 is 0 Å². The minimum Gasteiger partial charge on any atom is -0.464 e. The van der Waals surface area contributed by atoms with Crippen LogP contribution in [0, 0.1) is 6.92 Å². The van der Waals surface area contributed by atoms with E-state index in [4.69, 9.17) is 10.2 Å². The first-order valence-corrected chi connectivity index (χ1v) is 5.06. The van der Waals surface area contributed by atoms with E-state index in [-0.39, 0.29) is 11.5 Å². The molecule has 2 aromatic rings. The van der Waals surface area contributed by atoms with Gasteiger partial charge in [0.2, 0.25) is 0 Å². The van der Waals surface area contributed by atoms with Gasteiger partial charge in [-0.2, -0.15) is 0 Å². The highest BCUT2D eigenvalue weighted by Crippen LogP contribution is 2.15. The quantitative estimate of drug-likeness (QED) is 0.808. The lowest BCUT2D eigenvalue weighted by molar-refractivity contribution is 0.0596. The third-order valence-electron chi connectivity index (χ3n) is 2.38. The third-order valence-corrected chi connectivity index (χ3v) is 2.38. The van der Waals surface area contributed by atoms with Gasteiger partial charge in [-0.25, -0.2) is 9.78 Å². The smallest absolute Gasteiger partial charge is 0.360 e. The van der Waals surface area contributed by atoms with Crippen molar-refractivity contribution in [2.45, 2.75) is 13.5 Å². The molecule has 0 saturated heterocycles. The summed E-state index contributed by atoms with van der Waals surface area (Å²) in [5, 5.41) is 0. The van der Waals surface area contributed by atoms with Gasteiger partial charge in [-0.3, -0.25) is 0 Å². The number of methoxy groups -OCH3 is 1. The maximum absolute atomic E-state index is 11.3. The largest absolute Gasteiger partial charge is 0.464 e. The number of imidazole rings is 1. The molecule has 0 spiro atoms. The predicted molar refractivity (Wildman–Crippen MR) is 60.5 cm³/mol. The molecule has 0 aromatic carbocycles. The van der Waals surface area contributed by atoms with Gasteiger partial charge in [0.15, 0.2) is 5.69 Å². The average Bonchev–Trinajstić information content (AvgIpc) is 2.87. The molecule has 2 rings (SSSR count). The Morgan fingerprint density at radius 1 is 1.59 bits per heavy atom. The number of carbonyl (C=O) groups excluding carboxylic acids is 1. The molecule has 0 unspecified atom stereocenters. The van der Waals surface area contributed by atoms with E-state index >= 15 is 0 Å². The minimum atomic E-state index is -0.545. The molecule has 0 aliphatic carbocycles. The number of nitrogen functional groups attached to an aromatic ring is 1. The monoisotopic (exact) mass is 235 g/mol. The number of hydrogen-bond acceptors (Lipinski definition) is 5. The van der Waals surface area contributed by atoms with Gasteiger partial charge in [-0.05, 0) is 19.1 Å². The van der Waals surface area contributed by atoms with Crippen molar-refractivity contribution >= 4 is 11.8 Å². The Morgan fingerprint density at radius 2 is 2.35 bits per heavy atom. The molecule has 2 heterocycles. The molecule has 6 nitrogen and oxygen atoms in total. The zero-order valence-corrected chi connectivity index (χ0v) is 9.64. The summed E-state index contributed by atoms with van der Waals surface area (Å²) < 4.78 is 11.6. The second-order valence-electron chi connectivity index (χ2n) is 3.61. The summed E-state index contributed by atoms with van der Waals surface area (Å²) in [6.07, 6.45) is 1.49. The van der Waals surface area contributed by atoms with Gasteiger partial charge >= 0.3 is 5.97 Å². The summed E-state index contributed by atoms with van der Waals surface area (Å²) in [5.41, 5.74) is 5.91. The van der Waals surface area contributed by atoms with Gasteiger partial charge < -0.3 is 19.5 Å². The number of furan rings is 1. The normalized spacial score (nSPS) is 10.5. The average molecular weight is 235 g/mol. The molecule has 17 heavy (non-hydrogen) atoms. The summed E-state index contributed by atoms with van der Waals surface area (Å²) in [6.45, 7) is 2.30. The Bertz CT molecular complexity index is 542. The topological polar surface area (TPSA) is 83.3 Å². The van der Waals surface area contributed by atoms with Crippen LogP contribution < -0.4 is 5.73 Å². The second kappa shape index (κ2) is 4.32. The Kier molecular flexibility index (Phi) is 2.86. The fourth-order valence-electron chi connectivity index (χ4n) is 1.51. The van der Waals surface area contributed by atoms with Crippen LogP contribution in [0.2, 0.25) is 0 Å². The molecule has 0 bridgehead atoms. The SMILES string of the molecule is COC(=O)c1ncn(Cc2ccc(C)o2)c1N. The van der Waals surface area contributed by atoms with E-state index in [1.54, 1.807) is 4.57 Å². The number of anilines is 1. The molecule has 0 fully saturated rings. The van der Waals surface area contributed by atoms with Crippen LogP contribution in [-0.2, 0) is 11.3 Å². The van der Waals surface area contributed by atoms with Gasteiger partial charge in [0.25, 0.3) is 0 Å². The summed E-state index contributed by atoms with van der Waals surface area (Å²) in [7, 11) is 1.29. The van der Waals surface area contributed by atoms with Crippen molar-refractivity contribution in [3.8, 4) is 0 Å². The van der Waals surface area contributed by atoms with Crippen molar-refractivity contribution in [1.29, 1.82) is 0 Å². The predicted octanol–water partition coefficient (Wildman–Crippen LogP) is 1.20. The molecule has 0 amide bonds. The van der Waals surface area contributed by atoms with Crippen LogP contribution in [0.5, 0.6) is 0 Å². The highest BCUT2D eigenvalue weighted by Gasteiger charge is 2.16. The molecule has 2 aromatic heterocycles. The van der Waals surface area contributed by atoms with E-state index in [1.807, 2.05) is 19.1 Å². The van der Waals surface area contributed by atoms with E-state index in [2.05, 4.69) is 9.72 Å². The number of hydrogen-bond donors (Lipinski definition) is 1. The Balaban J connectivity index is 2.23. The van der Waals surface area contributed by atoms with Gasteiger partial charge in [-0.1, -0.05) is 0 Å². The van der Waals surface area contributed by atoms with Crippen LogP contribution in [0.15, 0.2) is 22.9 Å². The van der Waals surface area contributed by atoms with Gasteiger partial charge in [0.1, 0.15) is 17.3 Å². The molecule has 0 aliphatic heterocycles. The van der Waals surface area contributed by atoms with Gasteiger partial charge in [-0.15, -0.1) is 0 Å². The maximum atomic E-state index is 11.3. The van der Waals surface area contributed by atoms with Crippen molar-refractivity contribution in [3.63, 3.8) is 0 Å². The van der Waals surface area contributed by atoms with Crippen molar-refractivity contribution in [1.82, 2.24) is 9.55 Å².